The molecule has 0 fully saturated rings. The Bertz CT molecular complexity index is 1000. The first-order valence-corrected chi connectivity index (χ1v) is 9.86. The fraction of sp³-hybridized carbons (Fsp3) is 0.318. The molecule has 0 saturated carbocycles. The molecule has 28 heavy (non-hydrogen) atoms. The molecular formula is C22H25N3O2S. The van der Waals surface area contributed by atoms with Crippen molar-refractivity contribution in [2.75, 3.05) is 18.5 Å². The van der Waals surface area contributed by atoms with Gasteiger partial charge in [-0.25, -0.2) is 4.99 Å². The van der Waals surface area contributed by atoms with E-state index in [0.29, 0.717) is 24.7 Å². The summed E-state index contributed by atoms with van der Waals surface area (Å²) in [5.41, 5.74) is 3.24. The largest absolute Gasteiger partial charge is 0.494 e. The summed E-state index contributed by atoms with van der Waals surface area (Å²) in [6.45, 7) is 7.28. The molecule has 3 rings (SSSR count). The highest BCUT2D eigenvalue weighted by atomic mass is 32.1. The van der Waals surface area contributed by atoms with Crippen LogP contribution in [0.2, 0.25) is 0 Å². The lowest BCUT2D eigenvalue weighted by molar-refractivity contribution is -0.120. The van der Waals surface area contributed by atoms with E-state index in [0.717, 1.165) is 27.6 Å². The van der Waals surface area contributed by atoms with Crippen LogP contribution >= 0.6 is 12.2 Å². The molecule has 0 aliphatic carbocycles. The minimum Gasteiger partial charge on any atom is -0.494 e. The lowest BCUT2D eigenvalue weighted by atomic mass is 9.98. The number of amides is 1. The van der Waals surface area contributed by atoms with Gasteiger partial charge in [0.1, 0.15) is 5.75 Å². The molecule has 6 heteroatoms. The van der Waals surface area contributed by atoms with Crippen LogP contribution in [0.5, 0.6) is 5.75 Å². The van der Waals surface area contributed by atoms with E-state index in [2.05, 4.69) is 28.6 Å². The van der Waals surface area contributed by atoms with Crippen molar-refractivity contribution < 1.29 is 9.53 Å². The molecule has 1 aliphatic heterocycles. The lowest BCUT2D eigenvalue weighted by Gasteiger charge is -2.15. The van der Waals surface area contributed by atoms with Gasteiger partial charge in [-0.15, -0.1) is 0 Å². The smallest absolute Gasteiger partial charge is 0.253 e. The highest BCUT2D eigenvalue weighted by molar-refractivity contribution is 7.80. The summed E-state index contributed by atoms with van der Waals surface area (Å²) in [6.07, 6.45) is 2.65. The minimum absolute atomic E-state index is 0.0945. The van der Waals surface area contributed by atoms with Gasteiger partial charge in [-0.1, -0.05) is 6.08 Å². The molecule has 1 heterocycles. The van der Waals surface area contributed by atoms with Gasteiger partial charge >= 0.3 is 0 Å². The van der Waals surface area contributed by atoms with Gasteiger partial charge in [-0.3, -0.25) is 4.79 Å². The number of anilines is 1. The Morgan fingerprint density at radius 2 is 1.89 bits per heavy atom. The molecule has 0 aromatic heterocycles. The summed E-state index contributed by atoms with van der Waals surface area (Å²) in [7, 11) is 0. The van der Waals surface area contributed by atoms with Crippen molar-refractivity contribution in [2.24, 2.45) is 10.9 Å². The number of thiocarbonyl (C=S) groups is 1. The maximum atomic E-state index is 12.3. The summed E-state index contributed by atoms with van der Waals surface area (Å²) in [5, 5.41) is 8.62. The Labute approximate surface area is 170 Å². The van der Waals surface area contributed by atoms with Crippen LogP contribution in [0.1, 0.15) is 24.5 Å². The first kappa shape index (κ1) is 20.0. The zero-order valence-corrected chi connectivity index (χ0v) is 17.2. The first-order valence-electron chi connectivity index (χ1n) is 9.45. The number of hydrogen-bond donors (Lipinski definition) is 2. The van der Waals surface area contributed by atoms with Crippen LogP contribution in [0.15, 0.2) is 41.4 Å². The molecule has 1 atom stereocenters. The highest BCUT2D eigenvalue weighted by Gasteiger charge is 2.18. The van der Waals surface area contributed by atoms with E-state index in [1.807, 2.05) is 50.3 Å². The molecule has 146 valence electrons. The van der Waals surface area contributed by atoms with Gasteiger partial charge in [0.05, 0.1) is 17.9 Å². The quantitative estimate of drug-likeness (QED) is 0.737. The highest BCUT2D eigenvalue weighted by Crippen LogP contribution is 2.15. The third-order valence-electron chi connectivity index (χ3n) is 4.74. The van der Waals surface area contributed by atoms with E-state index >= 15 is 0 Å². The molecule has 2 aromatic carbocycles. The maximum absolute atomic E-state index is 12.3. The van der Waals surface area contributed by atoms with Crippen molar-refractivity contribution in [1.29, 1.82) is 0 Å². The van der Waals surface area contributed by atoms with Gasteiger partial charge in [0.25, 0.3) is 5.91 Å². The van der Waals surface area contributed by atoms with Gasteiger partial charge in [-0.2, -0.15) is 0 Å². The van der Waals surface area contributed by atoms with Crippen LogP contribution in [0.25, 0.3) is 6.08 Å². The monoisotopic (exact) mass is 395 g/mol. The summed E-state index contributed by atoms with van der Waals surface area (Å²) < 4.78 is 5.43. The van der Waals surface area contributed by atoms with Crippen LogP contribution in [-0.4, -0.2) is 24.2 Å². The van der Waals surface area contributed by atoms with Crippen LogP contribution in [0.3, 0.4) is 0 Å². The van der Waals surface area contributed by atoms with Crippen LogP contribution < -0.4 is 25.9 Å². The molecule has 0 radical (unpaired) electrons. The van der Waals surface area contributed by atoms with E-state index < -0.39 is 0 Å². The number of carbonyl (C=O) groups is 1. The normalized spacial score (nSPS) is 15.1. The fourth-order valence-corrected chi connectivity index (χ4v) is 3.29. The Hall–Kier alpha value is -2.73. The second kappa shape index (κ2) is 8.97. The molecule has 0 saturated heterocycles. The van der Waals surface area contributed by atoms with Crippen molar-refractivity contribution in [3.8, 4) is 5.75 Å². The van der Waals surface area contributed by atoms with E-state index in [1.54, 1.807) is 0 Å². The van der Waals surface area contributed by atoms with Crippen LogP contribution in [0, 0.1) is 19.8 Å². The van der Waals surface area contributed by atoms with E-state index in [1.165, 1.54) is 5.56 Å². The lowest BCUT2D eigenvalue weighted by Crippen LogP contribution is -2.36. The Morgan fingerprint density at radius 1 is 1.18 bits per heavy atom. The van der Waals surface area contributed by atoms with Gasteiger partial charge in [0, 0.05) is 12.2 Å². The average Bonchev–Trinajstić information content (AvgIpc) is 2.66. The number of hydrogen-bond acceptors (Lipinski definition) is 3. The van der Waals surface area contributed by atoms with E-state index in [4.69, 9.17) is 17.0 Å². The Morgan fingerprint density at radius 3 is 2.61 bits per heavy atom. The zero-order valence-electron chi connectivity index (χ0n) is 16.4. The molecule has 1 unspecified atom stereocenters. The van der Waals surface area contributed by atoms with E-state index in [9.17, 15) is 4.79 Å². The van der Waals surface area contributed by atoms with Gasteiger partial charge in [-0.05, 0) is 92.2 Å². The number of rotatable bonds is 6. The van der Waals surface area contributed by atoms with Gasteiger partial charge < -0.3 is 15.4 Å². The summed E-state index contributed by atoms with van der Waals surface area (Å²) in [4.78, 5) is 16.6. The predicted octanol–water partition coefficient (Wildman–Crippen LogP) is 2.64. The Balaban J connectivity index is 1.54. The zero-order chi connectivity index (χ0) is 20.1. The molecule has 0 spiro atoms. The number of nitrogens with one attached hydrogen (secondary N) is 2. The molecule has 2 aromatic rings. The van der Waals surface area contributed by atoms with E-state index in [-0.39, 0.29) is 11.8 Å². The van der Waals surface area contributed by atoms with Crippen molar-refractivity contribution in [2.45, 2.75) is 27.2 Å². The van der Waals surface area contributed by atoms with Gasteiger partial charge in [0.2, 0.25) is 0 Å². The van der Waals surface area contributed by atoms with Crippen molar-refractivity contribution >= 4 is 35.0 Å². The maximum Gasteiger partial charge on any atom is 0.253 e. The SMILES string of the molecule is CCOc1ccc(NC(=S)NCCC2C=c3cc(C)c(C)cc3=NC2=O)cc1. The van der Waals surface area contributed by atoms with Gasteiger partial charge in [0.15, 0.2) is 5.11 Å². The number of fused-ring (bicyclic) bond motifs is 1. The molecule has 2 N–H and O–H groups in total. The van der Waals surface area contributed by atoms with Crippen LogP contribution in [-0.2, 0) is 4.79 Å². The summed E-state index contributed by atoms with van der Waals surface area (Å²) in [6, 6.07) is 11.7. The third-order valence-corrected chi connectivity index (χ3v) is 4.98. The predicted molar refractivity (Wildman–Crippen MR) is 116 cm³/mol. The topological polar surface area (TPSA) is 62.7 Å². The van der Waals surface area contributed by atoms with Crippen molar-refractivity contribution in [1.82, 2.24) is 5.32 Å². The summed E-state index contributed by atoms with van der Waals surface area (Å²) >= 11 is 5.34. The average molecular weight is 396 g/mol. The van der Waals surface area contributed by atoms with Crippen molar-refractivity contribution in [3.05, 3.63) is 58.1 Å². The molecule has 1 aliphatic rings. The minimum atomic E-state index is -0.226. The van der Waals surface area contributed by atoms with Crippen LogP contribution in [0.4, 0.5) is 5.69 Å². The Kier molecular flexibility index (Phi) is 6.41. The summed E-state index contributed by atoms with van der Waals surface area (Å²) in [5.74, 6) is 0.506. The third kappa shape index (κ3) is 4.95. The second-order valence-corrected chi connectivity index (χ2v) is 7.25. The molecule has 1 amide bonds. The first-order chi connectivity index (χ1) is 13.5. The number of benzene rings is 2. The second-order valence-electron chi connectivity index (χ2n) is 6.85. The molecular weight excluding hydrogens is 370 g/mol. The number of nitrogens with zero attached hydrogens (tertiary/aromatic N) is 1. The molecule has 5 nitrogen and oxygen atoms in total. The number of ether oxygens (including phenoxy) is 1. The number of aryl methyl sites for hydroxylation is 2. The standard InChI is InChI=1S/C22H25N3O2S/c1-4-27-19-7-5-18(6-8-19)24-22(28)23-10-9-16-13-17-11-14(2)15(3)12-20(17)25-21(16)26/h5-8,11-13,16H,4,9-10H2,1-3H3,(H2,23,24,28). The molecule has 0 bridgehead atoms. The number of carbonyl (C=O) groups excluding carboxylic acids is 1. The van der Waals surface area contributed by atoms with Crippen molar-refractivity contribution in [3.63, 3.8) is 0 Å². The fourth-order valence-electron chi connectivity index (χ4n) is 3.07.